The summed E-state index contributed by atoms with van der Waals surface area (Å²) in [5, 5.41) is 12.3. The third-order valence-electron chi connectivity index (χ3n) is 5.83. The van der Waals surface area contributed by atoms with Crippen LogP contribution in [0.2, 0.25) is 0 Å². The maximum Gasteiger partial charge on any atom is 0.573 e. The van der Waals surface area contributed by atoms with Crippen LogP contribution < -0.4 is 10.1 Å². The molecule has 3 rings (SSSR count). The maximum atomic E-state index is 13.3. The minimum absolute atomic E-state index is 0.137. The van der Waals surface area contributed by atoms with Gasteiger partial charge < -0.3 is 15.2 Å². The molecule has 0 spiro atoms. The number of halogens is 3. The Labute approximate surface area is 207 Å². The summed E-state index contributed by atoms with van der Waals surface area (Å²) < 4.78 is 41.9. The molecule has 2 N–H and O–H groups in total. The highest BCUT2D eigenvalue weighted by molar-refractivity contribution is 5.95. The van der Waals surface area contributed by atoms with Gasteiger partial charge in [0, 0.05) is 11.5 Å². The lowest BCUT2D eigenvalue weighted by Gasteiger charge is -2.29. The van der Waals surface area contributed by atoms with Gasteiger partial charge in [-0.25, -0.2) is 4.79 Å². The average molecular weight is 500 g/mol. The molecule has 5 nitrogen and oxygen atoms in total. The molecule has 0 saturated carbocycles. The number of nitrogens with one attached hydrogen (secondary N) is 1. The molecule has 0 heterocycles. The van der Waals surface area contributed by atoms with E-state index in [9.17, 15) is 27.9 Å². The first-order chi connectivity index (χ1) is 17.0. The Morgan fingerprint density at radius 1 is 0.889 bits per heavy atom. The Bertz CT molecular complexity index is 1180. The summed E-state index contributed by atoms with van der Waals surface area (Å²) in [6.45, 7) is 5.77. The fourth-order valence-electron chi connectivity index (χ4n) is 4.33. The zero-order valence-corrected chi connectivity index (χ0v) is 20.2. The van der Waals surface area contributed by atoms with Gasteiger partial charge in [-0.1, -0.05) is 54.8 Å². The van der Waals surface area contributed by atoms with Crippen molar-refractivity contribution in [1.82, 2.24) is 5.32 Å². The first-order valence-electron chi connectivity index (χ1n) is 11.5. The number of hydrogen-bond donors (Lipinski definition) is 2. The van der Waals surface area contributed by atoms with Gasteiger partial charge in [0.2, 0.25) is 0 Å². The van der Waals surface area contributed by atoms with Gasteiger partial charge in [-0.3, -0.25) is 4.79 Å². The van der Waals surface area contributed by atoms with E-state index in [1.807, 2.05) is 26.8 Å². The Kier molecular flexibility index (Phi) is 8.40. The fraction of sp³-hybridized carbons (Fsp3) is 0.286. The van der Waals surface area contributed by atoms with Crippen LogP contribution in [0.15, 0.2) is 66.7 Å². The van der Waals surface area contributed by atoms with Crippen LogP contribution in [0.25, 0.3) is 0 Å². The largest absolute Gasteiger partial charge is 0.573 e. The van der Waals surface area contributed by atoms with E-state index in [0.29, 0.717) is 17.5 Å². The third kappa shape index (κ3) is 7.10. The van der Waals surface area contributed by atoms with Gasteiger partial charge in [-0.15, -0.1) is 13.2 Å². The van der Waals surface area contributed by atoms with Crippen molar-refractivity contribution in [1.29, 1.82) is 0 Å². The van der Waals surface area contributed by atoms with E-state index in [1.54, 1.807) is 24.3 Å². The first kappa shape index (κ1) is 26.8. The van der Waals surface area contributed by atoms with E-state index < -0.39 is 18.4 Å². The normalized spacial score (nSPS) is 13.1. The number of carboxylic acid groups (broad SMARTS) is 1. The predicted octanol–water partition coefficient (Wildman–Crippen LogP) is 6.96. The van der Waals surface area contributed by atoms with Gasteiger partial charge in [-0.05, 0) is 67.8 Å². The minimum atomic E-state index is -4.81. The zero-order chi connectivity index (χ0) is 26.5. The molecule has 0 radical (unpaired) electrons. The van der Waals surface area contributed by atoms with Gasteiger partial charge in [0.15, 0.2) is 0 Å². The van der Waals surface area contributed by atoms with E-state index >= 15 is 0 Å². The summed E-state index contributed by atoms with van der Waals surface area (Å²) in [6, 6.07) is 16.8. The van der Waals surface area contributed by atoms with Crippen LogP contribution in [-0.2, 0) is 0 Å². The highest BCUT2D eigenvalue weighted by Crippen LogP contribution is 2.36. The summed E-state index contributed by atoms with van der Waals surface area (Å²) >= 11 is 0. The van der Waals surface area contributed by atoms with Crippen LogP contribution in [-0.4, -0.2) is 23.3 Å². The molecule has 3 aromatic carbocycles. The Morgan fingerprint density at radius 3 is 1.94 bits per heavy atom. The monoisotopic (exact) mass is 499 g/mol. The Hall–Kier alpha value is -3.81. The molecule has 3 aromatic rings. The topological polar surface area (TPSA) is 75.6 Å². The lowest BCUT2D eigenvalue weighted by Crippen LogP contribution is -2.33. The number of carboxylic acids is 1. The van der Waals surface area contributed by atoms with Gasteiger partial charge in [0.25, 0.3) is 5.91 Å². The zero-order valence-electron chi connectivity index (χ0n) is 20.2. The third-order valence-corrected chi connectivity index (χ3v) is 5.83. The first-order valence-corrected chi connectivity index (χ1v) is 11.5. The van der Waals surface area contributed by atoms with E-state index in [2.05, 4.69) is 10.1 Å². The van der Waals surface area contributed by atoms with Crippen molar-refractivity contribution in [2.24, 2.45) is 0 Å². The van der Waals surface area contributed by atoms with E-state index in [1.165, 1.54) is 36.4 Å². The molecule has 0 fully saturated rings. The Morgan fingerprint density at radius 2 is 1.44 bits per heavy atom. The molecule has 0 aliphatic carbocycles. The van der Waals surface area contributed by atoms with Crippen LogP contribution >= 0.6 is 0 Å². The van der Waals surface area contributed by atoms with Crippen molar-refractivity contribution in [2.75, 3.05) is 0 Å². The number of benzene rings is 3. The SMILES string of the molecule is CCCC(c1ccc(C(=O)O)cc1)C(NC(=O)c1cc(C)cc(C)c1)c1ccc(OC(F)(F)F)cc1. The van der Waals surface area contributed by atoms with Crippen LogP contribution in [0.3, 0.4) is 0 Å². The molecule has 1 amide bonds. The standard InChI is InChI=1S/C28H28F3NO4/c1-4-5-24(19-6-8-21(9-7-19)27(34)35)25(20-10-12-23(13-11-20)36-28(29,30)31)32-26(33)22-15-17(2)14-18(3)16-22/h6-16,24-25H,4-5H2,1-3H3,(H,32,33)(H,34,35). The quantitative estimate of drug-likeness (QED) is 0.334. The van der Waals surface area contributed by atoms with Crippen LogP contribution in [0.4, 0.5) is 13.2 Å². The highest BCUT2D eigenvalue weighted by Gasteiger charge is 2.32. The summed E-state index contributed by atoms with van der Waals surface area (Å²) in [4.78, 5) is 24.6. The maximum absolute atomic E-state index is 13.3. The number of ether oxygens (including phenoxy) is 1. The molecule has 8 heteroatoms. The molecule has 2 unspecified atom stereocenters. The van der Waals surface area contributed by atoms with E-state index in [-0.39, 0.29) is 23.1 Å². The van der Waals surface area contributed by atoms with Gasteiger partial charge >= 0.3 is 12.3 Å². The number of alkyl halides is 3. The number of amides is 1. The fourth-order valence-corrected chi connectivity index (χ4v) is 4.33. The summed E-state index contributed by atoms with van der Waals surface area (Å²) in [7, 11) is 0. The van der Waals surface area contributed by atoms with Crippen molar-refractivity contribution in [3.05, 3.63) is 100 Å². The summed E-state index contributed by atoms with van der Waals surface area (Å²) in [6.07, 6.45) is -3.41. The van der Waals surface area contributed by atoms with Crippen LogP contribution in [0.5, 0.6) is 5.75 Å². The number of hydrogen-bond acceptors (Lipinski definition) is 3. The molecule has 2 atom stereocenters. The molecule has 0 aromatic heterocycles. The average Bonchev–Trinajstić information content (AvgIpc) is 2.80. The van der Waals surface area contributed by atoms with Gasteiger partial charge in [0.05, 0.1) is 11.6 Å². The number of carbonyl (C=O) groups is 2. The molecule has 0 bridgehead atoms. The molecule has 0 aliphatic rings. The minimum Gasteiger partial charge on any atom is -0.478 e. The molecular formula is C28H28F3NO4. The van der Waals surface area contributed by atoms with Crippen LogP contribution in [0, 0.1) is 13.8 Å². The molecular weight excluding hydrogens is 471 g/mol. The summed E-state index contributed by atoms with van der Waals surface area (Å²) in [5.41, 5.74) is 3.88. The van der Waals surface area contributed by atoms with Gasteiger partial charge in [0.1, 0.15) is 5.75 Å². The number of aryl methyl sites for hydroxylation is 2. The second-order valence-corrected chi connectivity index (χ2v) is 8.77. The van der Waals surface area contributed by atoms with Crippen molar-refractivity contribution >= 4 is 11.9 Å². The van der Waals surface area contributed by atoms with Crippen LogP contribution in [0.1, 0.15) is 74.7 Å². The lowest BCUT2D eigenvalue weighted by molar-refractivity contribution is -0.274. The highest BCUT2D eigenvalue weighted by atomic mass is 19.4. The smallest absolute Gasteiger partial charge is 0.478 e. The molecule has 190 valence electrons. The lowest BCUT2D eigenvalue weighted by atomic mass is 9.83. The van der Waals surface area contributed by atoms with Crippen molar-refractivity contribution in [2.45, 2.75) is 51.9 Å². The van der Waals surface area contributed by atoms with Crippen molar-refractivity contribution < 1.29 is 32.6 Å². The summed E-state index contributed by atoms with van der Waals surface area (Å²) in [5.74, 6) is -1.98. The predicted molar refractivity (Wildman–Crippen MR) is 130 cm³/mol. The van der Waals surface area contributed by atoms with E-state index in [4.69, 9.17) is 0 Å². The molecule has 0 saturated heterocycles. The number of aromatic carboxylic acids is 1. The second-order valence-electron chi connectivity index (χ2n) is 8.77. The number of carbonyl (C=O) groups excluding carboxylic acids is 1. The Balaban J connectivity index is 2.02. The van der Waals surface area contributed by atoms with E-state index in [0.717, 1.165) is 23.1 Å². The van der Waals surface area contributed by atoms with Crippen molar-refractivity contribution in [3.8, 4) is 5.75 Å². The molecule has 0 aliphatic heterocycles. The number of rotatable bonds is 9. The second kappa shape index (κ2) is 11.3. The molecule has 36 heavy (non-hydrogen) atoms. The van der Waals surface area contributed by atoms with Gasteiger partial charge in [-0.2, -0.15) is 0 Å². The van der Waals surface area contributed by atoms with Crippen molar-refractivity contribution in [3.63, 3.8) is 0 Å².